The maximum atomic E-state index is 11.3. The molecule has 4 atom stereocenters. The summed E-state index contributed by atoms with van der Waals surface area (Å²) in [7, 11) is 1.31. The van der Waals surface area contributed by atoms with Gasteiger partial charge in [0.15, 0.2) is 5.69 Å². The first kappa shape index (κ1) is 22.9. The number of hydrogen-bond acceptors (Lipinski definition) is 5. The van der Waals surface area contributed by atoms with Crippen molar-refractivity contribution in [3.8, 4) is 0 Å². The van der Waals surface area contributed by atoms with E-state index in [4.69, 9.17) is 4.42 Å². The minimum absolute atomic E-state index is 0.155. The molecule has 29 heavy (non-hydrogen) atoms. The summed E-state index contributed by atoms with van der Waals surface area (Å²) in [5.41, 5.74) is 0.00647. The van der Waals surface area contributed by atoms with Gasteiger partial charge in [0.2, 0.25) is 5.89 Å². The van der Waals surface area contributed by atoms with E-state index >= 15 is 0 Å². The Labute approximate surface area is 173 Å². The first-order valence-corrected chi connectivity index (χ1v) is 10.2. The lowest BCUT2D eigenvalue weighted by Gasteiger charge is -2.34. The third-order valence-corrected chi connectivity index (χ3v) is 5.77. The first-order valence-electron chi connectivity index (χ1n) is 10.2. The number of oxazole rings is 1. The van der Waals surface area contributed by atoms with Crippen LogP contribution in [0.3, 0.4) is 0 Å². The van der Waals surface area contributed by atoms with E-state index in [9.17, 15) is 9.90 Å². The number of carbonyl (C=O) groups excluding carboxylic acids is 1. The molecule has 0 amide bonds. The average Bonchev–Trinajstić information content (AvgIpc) is 3.27. The van der Waals surface area contributed by atoms with E-state index in [1.807, 2.05) is 25.2 Å². The lowest BCUT2D eigenvalue weighted by molar-refractivity contribution is 0.0279. The predicted molar refractivity (Wildman–Crippen MR) is 115 cm³/mol. The van der Waals surface area contributed by atoms with Crippen LogP contribution in [0.15, 0.2) is 53.2 Å². The van der Waals surface area contributed by atoms with Crippen molar-refractivity contribution in [2.75, 3.05) is 7.11 Å². The van der Waals surface area contributed by atoms with Gasteiger partial charge in [-0.25, -0.2) is 9.78 Å². The average molecular weight is 400 g/mol. The monoisotopic (exact) mass is 399 g/mol. The van der Waals surface area contributed by atoms with Gasteiger partial charge >= 0.3 is 5.97 Å². The van der Waals surface area contributed by atoms with Crippen LogP contribution in [-0.4, -0.2) is 29.3 Å². The van der Waals surface area contributed by atoms with Gasteiger partial charge in [0.05, 0.1) is 13.2 Å². The Kier molecular flexibility index (Phi) is 8.21. The minimum Gasteiger partial charge on any atom is -0.464 e. The number of rotatable bonds is 10. The highest BCUT2D eigenvalue weighted by Crippen LogP contribution is 2.41. The van der Waals surface area contributed by atoms with Crippen LogP contribution in [0.5, 0.6) is 0 Å². The summed E-state index contributed by atoms with van der Waals surface area (Å²) in [4.78, 5) is 15.4. The third kappa shape index (κ3) is 6.57. The highest BCUT2D eigenvalue weighted by atomic mass is 16.5. The number of allylic oxidation sites excluding steroid dienone is 6. The molecule has 5 heteroatoms. The summed E-state index contributed by atoms with van der Waals surface area (Å²) in [6.45, 7) is 8.40. The van der Waals surface area contributed by atoms with Crippen molar-refractivity contribution >= 4 is 12.0 Å². The molecule has 1 N–H and O–H groups in total. The fourth-order valence-corrected chi connectivity index (χ4v) is 3.11. The number of hydrogen-bond donors (Lipinski definition) is 1. The molecular weight excluding hydrogens is 366 g/mol. The highest BCUT2D eigenvalue weighted by molar-refractivity contribution is 5.86. The standard InChI is InChI=1S/C24H33NO4/c1-6-10-17(2)24(3,4)21(26)13-9-12-19-15-18(19)11-7-8-14-22-25-20(16-29-22)23(27)28-5/h6-12,14,16-19,21,26H,13,15H2,1-5H3/b10-6+,11-7+,12-9-,14-8-/t17-,18+,19-,21-/m0/s1. The summed E-state index contributed by atoms with van der Waals surface area (Å²) in [5.74, 6) is 1.24. The fourth-order valence-electron chi connectivity index (χ4n) is 3.11. The van der Waals surface area contributed by atoms with Crippen LogP contribution in [0.1, 0.15) is 56.9 Å². The van der Waals surface area contributed by atoms with Gasteiger partial charge in [-0.2, -0.15) is 0 Å². The molecule has 0 spiro atoms. The van der Waals surface area contributed by atoms with Crippen molar-refractivity contribution in [2.24, 2.45) is 23.2 Å². The smallest absolute Gasteiger partial charge is 0.360 e. The zero-order valence-corrected chi connectivity index (χ0v) is 18.0. The van der Waals surface area contributed by atoms with Crippen LogP contribution in [0.4, 0.5) is 0 Å². The molecule has 1 heterocycles. The predicted octanol–water partition coefficient (Wildman–Crippen LogP) is 5.21. The molecule has 1 fully saturated rings. The SMILES string of the molecule is C/C=C/[C@H](C)C(C)(C)[C@@H](O)C/C=C\[C@H]1C[C@H]1/C=C/C=C\c1nc(C(=O)OC)co1. The van der Waals surface area contributed by atoms with Crippen LogP contribution < -0.4 is 0 Å². The number of carbonyl (C=O) groups is 1. The molecular formula is C24H33NO4. The largest absolute Gasteiger partial charge is 0.464 e. The normalized spacial score (nSPS) is 22.1. The Balaban J connectivity index is 1.75. The quantitative estimate of drug-likeness (QED) is 0.332. The molecule has 0 radical (unpaired) electrons. The summed E-state index contributed by atoms with van der Waals surface area (Å²) in [5, 5.41) is 10.6. The number of methoxy groups -OCH3 is 1. The second kappa shape index (κ2) is 10.4. The van der Waals surface area contributed by atoms with E-state index in [2.05, 4.69) is 54.8 Å². The zero-order valence-electron chi connectivity index (χ0n) is 18.0. The van der Waals surface area contributed by atoms with Gasteiger partial charge in [-0.15, -0.1) is 0 Å². The van der Waals surface area contributed by atoms with Crippen molar-refractivity contribution < 1.29 is 19.1 Å². The summed E-state index contributed by atoms with van der Waals surface area (Å²) >= 11 is 0. The summed E-state index contributed by atoms with van der Waals surface area (Å²) < 4.78 is 9.78. The molecule has 1 aliphatic carbocycles. The number of nitrogens with zero attached hydrogens (tertiary/aromatic N) is 1. The Morgan fingerprint density at radius 3 is 2.79 bits per heavy atom. The maximum absolute atomic E-state index is 11.3. The minimum atomic E-state index is -0.513. The van der Waals surface area contributed by atoms with Crippen molar-refractivity contribution in [3.63, 3.8) is 0 Å². The van der Waals surface area contributed by atoms with Gasteiger partial charge in [-0.1, -0.05) is 63.3 Å². The molecule has 0 saturated heterocycles. The van der Waals surface area contributed by atoms with Crippen LogP contribution in [0, 0.1) is 23.2 Å². The second-order valence-corrected chi connectivity index (χ2v) is 8.19. The summed E-state index contributed by atoms with van der Waals surface area (Å²) in [6.07, 6.45) is 18.9. The van der Waals surface area contributed by atoms with E-state index in [0.717, 1.165) is 6.42 Å². The third-order valence-electron chi connectivity index (χ3n) is 5.77. The van der Waals surface area contributed by atoms with E-state index in [1.165, 1.54) is 13.4 Å². The van der Waals surface area contributed by atoms with E-state index in [0.29, 0.717) is 30.1 Å². The van der Waals surface area contributed by atoms with E-state index < -0.39 is 5.97 Å². The van der Waals surface area contributed by atoms with Gasteiger partial charge in [-0.3, -0.25) is 0 Å². The Morgan fingerprint density at radius 1 is 1.38 bits per heavy atom. The Morgan fingerprint density at radius 2 is 2.10 bits per heavy atom. The highest BCUT2D eigenvalue weighted by Gasteiger charge is 2.33. The molecule has 0 unspecified atom stereocenters. The number of aromatic nitrogens is 1. The lowest BCUT2D eigenvalue weighted by Crippen LogP contribution is -2.34. The molecule has 1 saturated carbocycles. The topological polar surface area (TPSA) is 72.6 Å². The molecule has 0 aromatic carbocycles. The van der Waals surface area contributed by atoms with Crippen LogP contribution in [0.25, 0.3) is 6.08 Å². The van der Waals surface area contributed by atoms with E-state index in [1.54, 1.807) is 6.08 Å². The molecule has 0 bridgehead atoms. The molecule has 2 rings (SSSR count). The van der Waals surface area contributed by atoms with Crippen molar-refractivity contribution in [3.05, 3.63) is 60.4 Å². The molecule has 0 aliphatic heterocycles. The van der Waals surface area contributed by atoms with Crippen molar-refractivity contribution in [2.45, 2.75) is 46.6 Å². The summed E-state index contributed by atoms with van der Waals surface area (Å²) in [6, 6.07) is 0. The molecule has 5 nitrogen and oxygen atoms in total. The number of aliphatic hydroxyl groups is 1. The van der Waals surface area contributed by atoms with Crippen LogP contribution in [0.2, 0.25) is 0 Å². The Hall–Kier alpha value is -2.40. The van der Waals surface area contributed by atoms with Gasteiger partial charge < -0.3 is 14.3 Å². The van der Waals surface area contributed by atoms with Gasteiger partial charge in [0.1, 0.15) is 6.26 Å². The molecule has 1 aromatic heterocycles. The first-order chi connectivity index (χ1) is 13.8. The van der Waals surface area contributed by atoms with Crippen molar-refractivity contribution in [1.29, 1.82) is 0 Å². The van der Waals surface area contributed by atoms with Crippen molar-refractivity contribution in [1.82, 2.24) is 4.98 Å². The molecule has 1 aromatic rings. The maximum Gasteiger partial charge on any atom is 0.360 e. The zero-order chi connectivity index (χ0) is 21.4. The Bertz CT molecular complexity index is 785. The van der Waals surface area contributed by atoms with Gasteiger partial charge in [0, 0.05) is 6.08 Å². The van der Waals surface area contributed by atoms with Gasteiger partial charge in [-0.05, 0) is 42.9 Å². The van der Waals surface area contributed by atoms with Crippen LogP contribution in [-0.2, 0) is 4.74 Å². The van der Waals surface area contributed by atoms with Gasteiger partial charge in [0.25, 0.3) is 0 Å². The molecule has 1 aliphatic rings. The van der Waals surface area contributed by atoms with Crippen LogP contribution >= 0.6 is 0 Å². The number of esters is 1. The number of aliphatic hydroxyl groups excluding tert-OH is 1. The fraction of sp³-hybridized carbons (Fsp3) is 0.500. The number of ether oxygens (including phenoxy) is 1. The lowest BCUT2D eigenvalue weighted by atomic mass is 9.74. The molecule has 158 valence electrons. The van der Waals surface area contributed by atoms with E-state index in [-0.39, 0.29) is 17.2 Å². The second-order valence-electron chi connectivity index (χ2n) is 8.19.